The predicted molar refractivity (Wildman–Crippen MR) is 98.0 cm³/mol. The monoisotopic (exact) mass is 275 g/mol. The van der Waals surface area contributed by atoms with Crippen molar-refractivity contribution in [3.8, 4) is 0 Å². The number of aliphatic hydroxyl groups excluding tert-OH is 2. The third kappa shape index (κ3) is 3590. The van der Waals surface area contributed by atoms with Gasteiger partial charge in [0.05, 0.1) is 13.2 Å². The van der Waals surface area contributed by atoms with Gasteiger partial charge in [-0.25, -0.2) is 0 Å². The second kappa shape index (κ2) is 1010000. The number of hydrogen-bond acceptors (Lipinski definition) is 3. The van der Waals surface area contributed by atoms with Gasteiger partial charge in [-0.05, 0) is 0 Å². The van der Waals surface area contributed by atoms with Crippen molar-refractivity contribution in [1.82, 2.24) is 6.15 Å². The zero-order chi connectivity index (χ0) is 17.4. The van der Waals surface area contributed by atoms with Crippen LogP contribution in [0.15, 0.2) is 92.1 Å². The van der Waals surface area contributed by atoms with Gasteiger partial charge in [0.15, 0.2) is 0 Å². The van der Waals surface area contributed by atoms with E-state index in [0.29, 0.717) is 0 Å². The van der Waals surface area contributed by atoms with Crippen LogP contribution in [0.4, 0.5) is 0 Å². The zero-order valence-electron chi connectivity index (χ0n) is 12.9. The molecule has 5 N–H and O–H groups in total. The largest absolute Gasteiger partial charge is 0.394 e. The molecule has 19 heavy (non-hydrogen) atoms. The molecule has 118 valence electrons. The molecule has 0 aliphatic rings. The number of rotatable bonds is 1. The topological polar surface area (TPSA) is 75.5 Å². The molecule has 0 unspecified atom stereocenters. The highest BCUT2D eigenvalue weighted by Crippen LogP contribution is 1.39. The van der Waals surface area contributed by atoms with E-state index in [2.05, 4.69) is 92.1 Å². The summed E-state index contributed by atoms with van der Waals surface area (Å²) in [6.45, 7) is 41.8. The molecule has 0 atom stereocenters. The van der Waals surface area contributed by atoms with Crippen LogP contribution in [-0.4, -0.2) is 23.4 Å². The van der Waals surface area contributed by atoms with Crippen molar-refractivity contribution in [3.05, 3.63) is 92.1 Å². The van der Waals surface area contributed by atoms with Crippen LogP contribution in [0, 0.1) is 0 Å². The minimum Gasteiger partial charge on any atom is -0.394 e. The molecule has 0 aliphatic carbocycles. The van der Waals surface area contributed by atoms with Crippen LogP contribution >= 0.6 is 0 Å². The first-order chi connectivity index (χ1) is 8.91. The Morgan fingerprint density at radius 2 is 0.421 bits per heavy atom. The second-order valence-corrected chi connectivity index (χ2v) is 0.447. The van der Waals surface area contributed by atoms with Crippen molar-refractivity contribution < 1.29 is 10.2 Å². The molecule has 3 nitrogen and oxygen atoms in total. The van der Waals surface area contributed by atoms with Crippen LogP contribution in [0.3, 0.4) is 0 Å². The summed E-state index contributed by atoms with van der Waals surface area (Å²) in [5.41, 5.74) is 0. The summed E-state index contributed by atoms with van der Waals surface area (Å²) in [5, 5.41) is 15.2. The molecular formula is C16H37NO2. The number of aliphatic hydroxyl groups is 2. The molecule has 0 saturated heterocycles. The van der Waals surface area contributed by atoms with E-state index < -0.39 is 0 Å². The van der Waals surface area contributed by atoms with Gasteiger partial charge in [-0.15, -0.1) is 92.1 Å². The SMILES string of the molecule is C=C.C=C.C=C.C=C.C=C.C=C.C=C.N.OCCO. The Bertz CT molecular complexity index is 50.1. The predicted octanol–water partition coefficient (Wildman–Crippen LogP) is 4.75. The van der Waals surface area contributed by atoms with Crippen molar-refractivity contribution in [3.63, 3.8) is 0 Å². The van der Waals surface area contributed by atoms with E-state index in [9.17, 15) is 0 Å². The van der Waals surface area contributed by atoms with Gasteiger partial charge < -0.3 is 16.4 Å². The lowest BCUT2D eigenvalue weighted by molar-refractivity contribution is 0.186. The van der Waals surface area contributed by atoms with E-state index in [0.717, 1.165) is 0 Å². The lowest BCUT2D eigenvalue weighted by Crippen LogP contribution is -1.85. The lowest BCUT2D eigenvalue weighted by atomic mass is 10.8. The summed E-state index contributed by atoms with van der Waals surface area (Å²) in [6, 6.07) is 0. The average Bonchev–Trinajstić information content (AvgIpc) is 2.60. The van der Waals surface area contributed by atoms with Crippen molar-refractivity contribution in [2.75, 3.05) is 13.2 Å². The third-order valence-electron chi connectivity index (χ3n) is 0.1000. The summed E-state index contributed by atoms with van der Waals surface area (Å²) in [6.07, 6.45) is 0. The van der Waals surface area contributed by atoms with E-state index in [1.165, 1.54) is 0 Å². The molecule has 0 aromatic rings. The highest BCUT2D eigenvalue weighted by molar-refractivity contribution is 4.23. The van der Waals surface area contributed by atoms with Crippen LogP contribution < -0.4 is 6.15 Å². The summed E-state index contributed by atoms with van der Waals surface area (Å²) in [7, 11) is 0. The van der Waals surface area contributed by atoms with E-state index in [1.54, 1.807) is 0 Å². The summed E-state index contributed by atoms with van der Waals surface area (Å²) < 4.78 is 0. The van der Waals surface area contributed by atoms with E-state index in [-0.39, 0.29) is 19.4 Å². The maximum atomic E-state index is 7.62. The Kier molecular flexibility index (Phi) is 3610000. The van der Waals surface area contributed by atoms with Crippen LogP contribution in [0.2, 0.25) is 0 Å². The first-order valence-corrected chi connectivity index (χ1v) is 4.63. The Hall–Kier alpha value is -1.94. The van der Waals surface area contributed by atoms with E-state index in [1.807, 2.05) is 0 Å². The van der Waals surface area contributed by atoms with Gasteiger partial charge in [-0.3, -0.25) is 0 Å². The van der Waals surface area contributed by atoms with Crippen LogP contribution in [0.5, 0.6) is 0 Å². The van der Waals surface area contributed by atoms with E-state index >= 15 is 0 Å². The molecule has 0 radical (unpaired) electrons. The van der Waals surface area contributed by atoms with E-state index in [4.69, 9.17) is 10.2 Å². The first-order valence-electron chi connectivity index (χ1n) is 4.63. The Morgan fingerprint density at radius 1 is 0.368 bits per heavy atom. The fraction of sp³-hybridized carbons (Fsp3) is 0.125. The van der Waals surface area contributed by atoms with Crippen molar-refractivity contribution >= 4 is 0 Å². The van der Waals surface area contributed by atoms with Gasteiger partial charge in [0.1, 0.15) is 0 Å². The average molecular weight is 275 g/mol. The first kappa shape index (κ1) is 67.7. The van der Waals surface area contributed by atoms with Crippen LogP contribution in [0.1, 0.15) is 0 Å². The molecule has 0 bridgehead atoms. The van der Waals surface area contributed by atoms with Gasteiger partial charge in [0.25, 0.3) is 0 Å². The highest BCUT2D eigenvalue weighted by atomic mass is 16.3. The molecule has 0 aromatic heterocycles. The summed E-state index contributed by atoms with van der Waals surface area (Å²) >= 11 is 0. The summed E-state index contributed by atoms with van der Waals surface area (Å²) in [4.78, 5) is 0. The minimum atomic E-state index is -0.125. The molecule has 0 aromatic carbocycles. The zero-order valence-corrected chi connectivity index (χ0v) is 12.9. The molecule has 0 rings (SSSR count). The molecule has 0 aliphatic heterocycles. The smallest absolute Gasteiger partial charge is 0.0662 e. The van der Waals surface area contributed by atoms with Crippen LogP contribution in [0.25, 0.3) is 0 Å². The van der Waals surface area contributed by atoms with Crippen molar-refractivity contribution in [1.29, 1.82) is 0 Å². The number of hydrogen-bond donors (Lipinski definition) is 3. The van der Waals surface area contributed by atoms with Crippen LogP contribution in [-0.2, 0) is 0 Å². The molecular weight excluding hydrogens is 238 g/mol. The maximum Gasteiger partial charge on any atom is 0.0662 e. The fourth-order valence-electron chi connectivity index (χ4n) is 0. The lowest BCUT2D eigenvalue weighted by Gasteiger charge is -1.70. The molecule has 0 heterocycles. The highest BCUT2D eigenvalue weighted by Gasteiger charge is 1.58. The Balaban J connectivity index is -0.00000000874. The van der Waals surface area contributed by atoms with Gasteiger partial charge in [0.2, 0.25) is 0 Å². The van der Waals surface area contributed by atoms with Gasteiger partial charge in [-0.1, -0.05) is 0 Å². The van der Waals surface area contributed by atoms with Gasteiger partial charge in [0, 0.05) is 0 Å². The molecule has 0 fully saturated rings. The van der Waals surface area contributed by atoms with Gasteiger partial charge in [-0.2, -0.15) is 0 Å². The Labute approximate surface area is 122 Å². The normalized spacial score (nSPS) is 3.05. The Morgan fingerprint density at radius 3 is 0.421 bits per heavy atom. The minimum absolute atomic E-state index is 0. The molecule has 0 spiro atoms. The molecule has 0 saturated carbocycles. The van der Waals surface area contributed by atoms with Crippen molar-refractivity contribution in [2.45, 2.75) is 0 Å². The quantitative estimate of drug-likeness (QED) is 0.604. The fourth-order valence-corrected chi connectivity index (χ4v) is 0. The second-order valence-electron chi connectivity index (χ2n) is 0.447. The molecule has 0 amide bonds. The van der Waals surface area contributed by atoms with Crippen molar-refractivity contribution in [2.24, 2.45) is 0 Å². The maximum absolute atomic E-state index is 7.62. The molecule has 3 heteroatoms. The summed E-state index contributed by atoms with van der Waals surface area (Å²) in [5.74, 6) is 0. The standard InChI is InChI=1S/C2H6O2.7C2H4.H3N/c3-1-2-4;7*1-2;/h3-4H,1-2H2;7*1-2H2;1H3. The van der Waals surface area contributed by atoms with Gasteiger partial charge >= 0.3 is 0 Å². The third-order valence-corrected chi connectivity index (χ3v) is 0.1000.